The number of sulfonamides is 1. The molecule has 2 saturated heterocycles. The zero-order valence-electron chi connectivity index (χ0n) is 15.9. The van der Waals surface area contributed by atoms with Crippen LogP contribution in [0.3, 0.4) is 0 Å². The molecule has 1 amide bonds. The topological polar surface area (TPSA) is 66.9 Å². The van der Waals surface area contributed by atoms with Crippen LogP contribution in [0.5, 0.6) is 0 Å². The second-order valence-corrected chi connectivity index (χ2v) is 9.44. The molecule has 150 valence electrons. The van der Waals surface area contributed by atoms with Gasteiger partial charge in [0.15, 0.2) is 0 Å². The minimum absolute atomic E-state index is 0.213. The van der Waals surface area contributed by atoms with Gasteiger partial charge in [-0.15, -0.1) is 0 Å². The number of likely N-dealkylation sites (tertiary alicyclic amines) is 1. The summed E-state index contributed by atoms with van der Waals surface area (Å²) >= 11 is 0. The van der Waals surface area contributed by atoms with Gasteiger partial charge in [0.1, 0.15) is 6.10 Å². The molecule has 0 aliphatic carbocycles. The van der Waals surface area contributed by atoms with Crippen LogP contribution in [0.4, 0.5) is 4.79 Å². The van der Waals surface area contributed by atoms with E-state index in [1.165, 1.54) is 4.31 Å². The molecule has 2 fully saturated rings. The third kappa shape index (κ3) is 3.86. The van der Waals surface area contributed by atoms with Crippen LogP contribution in [0.25, 0.3) is 10.8 Å². The molecule has 28 heavy (non-hydrogen) atoms. The number of nitrogens with zero attached hydrogens (tertiary/aromatic N) is 2. The molecule has 1 atom stereocenters. The summed E-state index contributed by atoms with van der Waals surface area (Å²) in [6.07, 6.45) is 3.82. The first-order valence-corrected chi connectivity index (χ1v) is 11.4. The number of rotatable bonds is 3. The van der Waals surface area contributed by atoms with Crippen molar-refractivity contribution in [1.29, 1.82) is 0 Å². The molecule has 7 heteroatoms. The molecule has 1 unspecified atom stereocenters. The number of carbonyl (C=O) groups is 1. The van der Waals surface area contributed by atoms with Crippen LogP contribution >= 0.6 is 0 Å². The maximum absolute atomic E-state index is 13.3. The highest BCUT2D eigenvalue weighted by molar-refractivity contribution is 7.89. The Labute approximate surface area is 166 Å². The Bertz CT molecular complexity index is 949. The van der Waals surface area contributed by atoms with E-state index in [-0.39, 0.29) is 12.6 Å². The largest absolute Gasteiger partial charge is 0.445 e. The van der Waals surface area contributed by atoms with Gasteiger partial charge in [-0.25, -0.2) is 13.2 Å². The minimum Gasteiger partial charge on any atom is -0.445 e. The van der Waals surface area contributed by atoms with E-state index < -0.39 is 16.1 Å². The van der Waals surface area contributed by atoms with Crippen molar-refractivity contribution in [1.82, 2.24) is 9.21 Å². The van der Waals surface area contributed by atoms with Crippen LogP contribution < -0.4 is 0 Å². The van der Waals surface area contributed by atoms with Crippen molar-refractivity contribution in [3.8, 4) is 0 Å². The molecular weight excluding hydrogens is 376 g/mol. The SMILES string of the molecule is O=C(OC1CCCN(S(=O)(=O)c2cccc3ccccc23)C1)N1CCCCC1. The lowest BCUT2D eigenvalue weighted by atomic mass is 10.1. The van der Waals surface area contributed by atoms with Crippen molar-refractivity contribution in [3.63, 3.8) is 0 Å². The average Bonchev–Trinajstić information content (AvgIpc) is 2.74. The summed E-state index contributed by atoms with van der Waals surface area (Å²) in [6, 6.07) is 12.8. The maximum atomic E-state index is 13.3. The number of fused-ring (bicyclic) bond motifs is 1. The lowest BCUT2D eigenvalue weighted by Gasteiger charge is -2.34. The molecule has 2 aliphatic heterocycles. The Morgan fingerprint density at radius 1 is 0.929 bits per heavy atom. The predicted octanol–water partition coefficient (Wildman–Crippen LogP) is 3.62. The molecule has 2 heterocycles. The Hall–Kier alpha value is -2.12. The molecule has 0 N–H and O–H groups in total. The summed E-state index contributed by atoms with van der Waals surface area (Å²) in [5.41, 5.74) is 0. The van der Waals surface area contributed by atoms with Crippen molar-refractivity contribution >= 4 is 26.9 Å². The van der Waals surface area contributed by atoms with Gasteiger partial charge in [0, 0.05) is 25.0 Å². The summed E-state index contributed by atoms with van der Waals surface area (Å²) in [4.78, 5) is 14.5. The van der Waals surface area contributed by atoms with E-state index in [1.54, 1.807) is 17.0 Å². The van der Waals surface area contributed by atoms with Crippen LogP contribution in [0.1, 0.15) is 32.1 Å². The third-order valence-corrected chi connectivity index (χ3v) is 7.51. The van der Waals surface area contributed by atoms with Crippen LogP contribution in [0.15, 0.2) is 47.4 Å². The number of ether oxygens (including phenoxy) is 1. The fourth-order valence-corrected chi connectivity index (χ4v) is 5.80. The number of amides is 1. The smallest absolute Gasteiger partial charge is 0.410 e. The van der Waals surface area contributed by atoms with E-state index in [2.05, 4.69) is 0 Å². The van der Waals surface area contributed by atoms with Crippen LogP contribution in [0, 0.1) is 0 Å². The molecule has 4 rings (SSSR count). The van der Waals surface area contributed by atoms with Crippen molar-refractivity contribution in [2.24, 2.45) is 0 Å². The molecule has 0 saturated carbocycles. The van der Waals surface area contributed by atoms with Gasteiger partial charge in [-0.1, -0.05) is 36.4 Å². The van der Waals surface area contributed by atoms with Gasteiger partial charge in [0.05, 0.1) is 11.4 Å². The Balaban J connectivity index is 1.51. The fraction of sp³-hybridized carbons (Fsp3) is 0.476. The fourth-order valence-electron chi connectivity index (χ4n) is 4.07. The van der Waals surface area contributed by atoms with Crippen molar-refractivity contribution < 1.29 is 17.9 Å². The number of carbonyl (C=O) groups excluding carboxylic acids is 1. The molecule has 0 bridgehead atoms. The maximum Gasteiger partial charge on any atom is 0.410 e. The quantitative estimate of drug-likeness (QED) is 0.787. The average molecular weight is 403 g/mol. The van der Waals surface area contributed by atoms with Gasteiger partial charge in [-0.3, -0.25) is 0 Å². The monoisotopic (exact) mass is 402 g/mol. The van der Waals surface area contributed by atoms with Crippen LogP contribution in [0.2, 0.25) is 0 Å². The van der Waals surface area contributed by atoms with E-state index in [0.29, 0.717) is 24.3 Å². The first-order valence-electron chi connectivity index (χ1n) is 9.99. The number of hydrogen-bond donors (Lipinski definition) is 0. The first-order chi connectivity index (χ1) is 13.6. The van der Waals surface area contributed by atoms with E-state index in [0.717, 1.165) is 43.1 Å². The van der Waals surface area contributed by atoms with E-state index >= 15 is 0 Å². The standard InChI is InChI=1S/C21H26N2O4S/c24-21(22-13-4-1-5-14-22)27-18-10-7-15-23(16-18)28(25,26)20-12-6-9-17-8-2-3-11-19(17)20/h2-3,6,8-9,11-12,18H,1,4-5,7,10,13-16H2. The summed E-state index contributed by atoms with van der Waals surface area (Å²) in [7, 11) is -3.65. The highest BCUT2D eigenvalue weighted by Crippen LogP contribution is 2.28. The Morgan fingerprint density at radius 3 is 2.50 bits per heavy atom. The third-order valence-electron chi connectivity index (χ3n) is 5.59. The molecule has 0 aromatic heterocycles. The summed E-state index contributed by atoms with van der Waals surface area (Å²) in [5.74, 6) is 0. The molecule has 0 radical (unpaired) electrons. The molecule has 2 aromatic carbocycles. The zero-order valence-corrected chi connectivity index (χ0v) is 16.7. The molecule has 0 spiro atoms. The molecule has 2 aliphatic rings. The van der Waals surface area contributed by atoms with Gasteiger partial charge in [0.25, 0.3) is 0 Å². The summed E-state index contributed by atoms with van der Waals surface area (Å²) in [6.45, 7) is 2.11. The van der Waals surface area contributed by atoms with E-state index in [9.17, 15) is 13.2 Å². The minimum atomic E-state index is -3.65. The van der Waals surface area contributed by atoms with Gasteiger partial charge in [-0.05, 0) is 43.6 Å². The zero-order chi connectivity index (χ0) is 19.6. The lowest BCUT2D eigenvalue weighted by molar-refractivity contribution is 0.0346. The predicted molar refractivity (Wildman–Crippen MR) is 108 cm³/mol. The Morgan fingerprint density at radius 2 is 1.68 bits per heavy atom. The van der Waals surface area contributed by atoms with Gasteiger partial charge in [-0.2, -0.15) is 4.31 Å². The molecular formula is C21H26N2O4S. The normalized spacial score (nSPS) is 21.6. The van der Waals surface area contributed by atoms with Gasteiger partial charge < -0.3 is 9.64 Å². The van der Waals surface area contributed by atoms with Crippen LogP contribution in [-0.4, -0.2) is 56.0 Å². The Kier molecular flexibility index (Phi) is 5.55. The van der Waals surface area contributed by atoms with Crippen molar-refractivity contribution in [2.75, 3.05) is 26.2 Å². The highest BCUT2D eigenvalue weighted by atomic mass is 32.2. The van der Waals surface area contributed by atoms with E-state index in [1.807, 2.05) is 30.3 Å². The number of benzene rings is 2. The van der Waals surface area contributed by atoms with Crippen LogP contribution in [-0.2, 0) is 14.8 Å². The second-order valence-electron chi connectivity index (χ2n) is 7.54. The second kappa shape index (κ2) is 8.09. The number of hydrogen-bond acceptors (Lipinski definition) is 4. The molecule has 2 aromatic rings. The summed E-state index contributed by atoms with van der Waals surface area (Å²) in [5, 5.41) is 1.62. The van der Waals surface area contributed by atoms with Crippen molar-refractivity contribution in [3.05, 3.63) is 42.5 Å². The number of piperidine rings is 2. The highest BCUT2D eigenvalue weighted by Gasteiger charge is 2.33. The summed E-state index contributed by atoms with van der Waals surface area (Å²) < 4.78 is 33.7. The van der Waals surface area contributed by atoms with Gasteiger partial charge in [0.2, 0.25) is 10.0 Å². The van der Waals surface area contributed by atoms with E-state index in [4.69, 9.17) is 4.74 Å². The molecule has 6 nitrogen and oxygen atoms in total. The van der Waals surface area contributed by atoms with Crippen molar-refractivity contribution in [2.45, 2.75) is 43.1 Å². The lowest BCUT2D eigenvalue weighted by Crippen LogP contribution is -2.46. The van der Waals surface area contributed by atoms with Gasteiger partial charge >= 0.3 is 6.09 Å². The first kappa shape index (κ1) is 19.2.